The molecule has 0 aliphatic carbocycles. The van der Waals surface area contributed by atoms with Crippen LogP contribution in [0.4, 0.5) is 0 Å². The Morgan fingerprint density at radius 1 is 1.00 bits per heavy atom. The van der Waals surface area contributed by atoms with Gasteiger partial charge in [-0.05, 0) is 0 Å². The predicted octanol–water partition coefficient (Wildman–Crippen LogP) is 3.43. The van der Waals surface area contributed by atoms with Crippen molar-refractivity contribution in [2.24, 2.45) is 0 Å². The molecule has 0 N–H and O–H groups in total. The zero-order valence-electron chi connectivity index (χ0n) is 5.95. The Morgan fingerprint density at radius 2 is 1.25 bits per heavy atom. The summed E-state index contributed by atoms with van der Waals surface area (Å²) in [6.07, 6.45) is 0. The fraction of sp³-hybridized carbons (Fsp3) is 1.00. The molecule has 0 saturated carbocycles. The second kappa shape index (κ2) is 4.16. The van der Waals surface area contributed by atoms with Crippen LogP contribution in [0.25, 0.3) is 0 Å². The molecule has 0 unspecified atom stereocenters. The Hall–Kier alpha value is 1.29. The Kier molecular flexibility index (Phi) is 4.83. The molecule has 0 aliphatic heterocycles. The van der Waals surface area contributed by atoms with E-state index < -0.39 is 10.2 Å². The maximum atomic E-state index is 2.74. The fourth-order valence-corrected chi connectivity index (χ4v) is 3.49. The van der Waals surface area contributed by atoms with Crippen molar-refractivity contribution in [3.05, 3.63) is 0 Å². The van der Waals surface area contributed by atoms with E-state index in [1.165, 1.54) is 15.6 Å². The molecular weight excluding hydrogens is 274 g/mol. The van der Waals surface area contributed by atoms with Crippen molar-refractivity contribution in [3.63, 3.8) is 0 Å². The van der Waals surface area contributed by atoms with Gasteiger partial charge < -0.3 is 0 Å². The quantitative estimate of drug-likeness (QED) is 0.551. The molecule has 0 saturated heterocycles. The second-order valence-electron chi connectivity index (χ2n) is 1.98. The Labute approximate surface area is 66.4 Å². The fourth-order valence-electron chi connectivity index (χ4n) is 0.671. The molecule has 0 aromatic carbocycles. The molecule has 0 aliphatic rings. The van der Waals surface area contributed by atoms with Crippen LogP contribution < -0.4 is 0 Å². The van der Waals surface area contributed by atoms with Gasteiger partial charge in [-0.15, -0.1) is 0 Å². The predicted molar refractivity (Wildman–Crippen MR) is 51.2 cm³/mol. The Morgan fingerprint density at radius 3 is 1.25 bits per heavy atom. The third-order valence-corrected chi connectivity index (χ3v) is 19.5. The topological polar surface area (TPSA) is 0 Å². The van der Waals surface area contributed by atoms with E-state index in [9.17, 15) is 0 Å². The van der Waals surface area contributed by atoms with E-state index in [4.69, 9.17) is 0 Å². The van der Waals surface area contributed by atoms with Crippen molar-refractivity contribution >= 4 is 30.3 Å². The van der Waals surface area contributed by atoms with Crippen molar-refractivity contribution < 1.29 is 0 Å². The molecule has 0 aromatic rings. The Bertz CT molecular complexity index is 51.3. The molecule has 0 bridgehead atoms. The van der Waals surface area contributed by atoms with E-state index in [0.717, 1.165) is 0 Å². The van der Waals surface area contributed by atoms with Crippen LogP contribution in [-0.4, -0.2) is 10.2 Å². The summed E-state index contributed by atoms with van der Waals surface area (Å²) in [6.45, 7) is 7.02. The number of rotatable bonds is 3. The van der Waals surface area contributed by atoms with Crippen molar-refractivity contribution in [1.29, 1.82) is 0 Å². The van der Waals surface area contributed by atoms with Crippen LogP contribution in [0.1, 0.15) is 20.8 Å². The third kappa shape index (κ3) is 2.72. The summed E-state index contributed by atoms with van der Waals surface area (Å²) in [5, 5.41) is 4.43. The van der Waals surface area contributed by atoms with Crippen LogP contribution in [0.15, 0.2) is 0 Å². The zero-order valence-corrected chi connectivity index (χ0v) is 9.98. The number of hydrogen-bond donors (Lipinski definition) is 0. The maximum absolute atomic E-state index is 2.74. The van der Waals surface area contributed by atoms with Gasteiger partial charge >= 0.3 is 66.7 Å². The Balaban J connectivity index is 3.58. The van der Waals surface area contributed by atoms with Crippen LogP contribution >= 0.6 is 20.1 Å². The van der Waals surface area contributed by atoms with E-state index in [1.807, 2.05) is 0 Å². The summed E-state index contributed by atoms with van der Waals surface area (Å²) in [5.74, 6) is 0. The molecule has 8 heavy (non-hydrogen) atoms. The molecule has 0 atom stereocenters. The van der Waals surface area contributed by atoms with Crippen LogP contribution in [0.2, 0.25) is 15.6 Å². The second-order valence-corrected chi connectivity index (χ2v) is 20.9. The summed E-state index contributed by atoms with van der Waals surface area (Å²) >= 11 is 2.74. The zero-order chi connectivity index (χ0) is 6.62. The minimum atomic E-state index is -1.01. The monoisotopic (exact) mass is 289 g/mol. The van der Waals surface area contributed by atoms with Gasteiger partial charge in [-0.3, -0.25) is 0 Å². The van der Waals surface area contributed by atoms with Gasteiger partial charge in [0.15, 0.2) is 0 Å². The average Bonchev–Trinajstić information content (AvgIpc) is 1.87. The summed E-state index contributed by atoms with van der Waals surface area (Å²) in [5.41, 5.74) is 0. The van der Waals surface area contributed by atoms with Gasteiger partial charge in [-0.25, -0.2) is 0 Å². The van der Waals surface area contributed by atoms with Gasteiger partial charge in [0.05, 0.1) is 0 Å². The van der Waals surface area contributed by atoms with Gasteiger partial charge in [0, 0.05) is 0 Å². The van der Waals surface area contributed by atoms with Crippen LogP contribution in [0, 0.1) is 0 Å². The van der Waals surface area contributed by atoms with Crippen molar-refractivity contribution in [3.8, 4) is 0 Å². The molecule has 0 radical (unpaired) electrons. The van der Waals surface area contributed by atoms with E-state index in [1.54, 1.807) is 0 Å². The summed E-state index contributed by atoms with van der Waals surface area (Å²) in [7, 11) is -1.01. The molecule has 0 rings (SSSR count). The normalized spacial score (nSPS) is 12.0. The van der Waals surface area contributed by atoms with Gasteiger partial charge in [-0.1, -0.05) is 0 Å². The molecule has 0 nitrogen and oxygen atoms in total. The van der Waals surface area contributed by atoms with E-state index in [2.05, 4.69) is 40.9 Å². The first-order valence-corrected chi connectivity index (χ1v) is 12.9. The number of hydrogen-bond acceptors (Lipinski definition) is 0. The molecule has 0 fully saturated rings. The number of halogens is 1. The van der Waals surface area contributed by atoms with E-state index in [0.29, 0.717) is 0 Å². The van der Waals surface area contributed by atoms with Gasteiger partial charge in [0.2, 0.25) is 0 Å². The van der Waals surface area contributed by atoms with Crippen LogP contribution in [-0.2, 0) is 0 Å². The molecular formula is C6H15AsI+. The first-order chi connectivity index (χ1) is 3.68. The summed E-state index contributed by atoms with van der Waals surface area (Å²) in [6, 6.07) is 0. The van der Waals surface area contributed by atoms with E-state index in [-0.39, 0.29) is 0 Å². The summed E-state index contributed by atoms with van der Waals surface area (Å²) in [4.78, 5) is 0. The van der Waals surface area contributed by atoms with Gasteiger partial charge in [0.25, 0.3) is 0 Å². The molecule has 0 spiro atoms. The third-order valence-electron chi connectivity index (χ3n) is 1.70. The minimum absolute atomic E-state index is 1.01. The van der Waals surface area contributed by atoms with Gasteiger partial charge in [-0.2, -0.15) is 0 Å². The molecule has 0 aromatic heterocycles. The van der Waals surface area contributed by atoms with Crippen molar-refractivity contribution in [1.82, 2.24) is 0 Å². The molecule has 50 valence electrons. The van der Waals surface area contributed by atoms with Crippen molar-refractivity contribution in [2.75, 3.05) is 0 Å². The first-order valence-electron chi connectivity index (χ1n) is 3.24. The van der Waals surface area contributed by atoms with E-state index >= 15 is 0 Å². The average molecular weight is 289 g/mol. The van der Waals surface area contributed by atoms with Gasteiger partial charge in [0.1, 0.15) is 0 Å². The summed E-state index contributed by atoms with van der Waals surface area (Å²) < 4.78 is 0. The standard InChI is InChI=1S/C6H15AsI/c1-4-7(8,5-2)6-3/h4-6H2,1-3H3/q+1. The van der Waals surface area contributed by atoms with Crippen LogP contribution in [0.5, 0.6) is 0 Å². The molecule has 0 heterocycles. The first kappa shape index (κ1) is 9.29. The van der Waals surface area contributed by atoms with Crippen LogP contribution in [0.3, 0.4) is 0 Å². The molecule has 0 amide bonds. The molecule has 2 heteroatoms. The SMILES string of the molecule is CC[As+](I)(CC)CC. The van der Waals surface area contributed by atoms with Crippen molar-refractivity contribution in [2.45, 2.75) is 36.4 Å².